The van der Waals surface area contributed by atoms with Gasteiger partial charge in [0.1, 0.15) is 7.45 Å². The molecule has 0 aromatic heterocycles. The highest BCUT2D eigenvalue weighted by Gasteiger charge is 2.21. The molecule has 0 aliphatic rings. The Hall–Kier alpha value is -1.63. The zero-order valence-electron chi connectivity index (χ0n) is 22.3. The molecule has 194 valence electrons. The Bertz CT molecular complexity index is 548. The molecular weight excluding hydrogens is 418 g/mol. The maximum atomic E-state index is 12.3. The number of aliphatic carboxylic acids is 1. The number of unbranched alkanes of at least 4 members (excludes halogenated alkanes) is 15. The van der Waals surface area contributed by atoms with Crippen LogP contribution in [0.3, 0.4) is 0 Å². The summed E-state index contributed by atoms with van der Waals surface area (Å²) in [4.78, 5) is 34.4. The molecule has 0 bridgehead atoms. The summed E-state index contributed by atoms with van der Waals surface area (Å²) in [5.74, 6) is -2.31. The Balaban J connectivity index is 3.69. The molecule has 0 saturated carbocycles. The summed E-state index contributed by atoms with van der Waals surface area (Å²) in [6.45, 7) is 4.34. The van der Waals surface area contributed by atoms with Gasteiger partial charge in [0.2, 0.25) is 11.8 Å². The van der Waals surface area contributed by atoms with Crippen molar-refractivity contribution in [3.8, 4) is 0 Å². The van der Waals surface area contributed by atoms with Gasteiger partial charge in [0, 0.05) is 6.42 Å². The van der Waals surface area contributed by atoms with Crippen LogP contribution in [0, 0.1) is 0 Å². The standard InChI is InChI=1S/C26H51N3O4/c1-3-4-5-6-7-8-9-10-11-12-13-14-15-16-17-18-21-28-22(2)26(33)29-23(25(27)32)19-20-24(30)31/h22-23,28H,3-21H2,1-2H3,(H2,27,32)(H,29,33)(H,30,31)/t22-,23-/m0/s1/i/hD. The van der Waals surface area contributed by atoms with E-state index < -0.39 is 29.9 Å². The highest BCUT2D eigenvalue weighted by Crippen LogP contribution is 2.13. The average molecular weight is 471 g/mol. The van der Waals surface area contributed by atoms with Gasteiger partial charge in [-0.15, -0.1) is 0 Å². The van der Waals surface area contributed by atoms with E-state index in [1.54, 1.807) is 6.92 Å². The molecule has 0 saturated heterocycles. The number of carbonyl (C=O) groups is 3. The minimum absolute atomic E-state index is 0.0553. The Morgan fingerprint density at radius 2 is 1.24 bits per heavy atom. The minimum atomic E-state index is -1.06. The van der Waals surface area contributed by atoms with Crippen LogP contribution in [0.1, 0.15) is 129 Å². The lowest BCUT2D eigenvalue weighted by molar-refractivity contribution is -0.137. The van der Waals surface area contributed by atoms with Crippen LogP contribution >= 0.6 is 0 Å². The van der Waals surface area contributed by atoms with Gasteiger partial charge in [-0.2, -0.15) is 0 Å². The Kier molecular flexibility index (Phi) is 19.8. The van der Waals surface area contributed by atoms with Crippen molar-refractivity contribution < 1.29 is 20.9 Å². The number of carboxylic acid groups (broad SMARTS) is 1. The van der Waals surface area contributed by atoms with Crippen molar-refractivity contribution in [3.63, 3.8) is 0 Å². The molecule has 0 aromatic rings. The van der Waals surface area contributed by atoms with Gasteiger partial charge in [-0.1, -0.05) is 103 Å². The molecule has 5 N–H and O–H groups in total. The van der Waals surface area contributed by atoms with Gasteiger partial charge in [-0.05, 0) is 26.3 Å². The molecule has 2 amide bonds. The summed E-state index contributed by atoms with van der Waals surface area (Å²) in [6, 6.07) is -1.77. The van der Waals surface area contributed by atoms with E-state index in [4.69, 9.17) is 12.3 Å². The van der Waals surface area contributed by atoms with Crippen LogP contribution in [0.4, 0.5) is 0 Å². The van der Waals surface area contributed by atoms with Crippen LogP contribution in [0.5, 0.6) is 0 Å². The number of nitrogens with two attached hydrogens (primary N) is 1. The molecular formula is C26H51N3O4. The molecule has 0 aliphatic carbocycles. The highest BCUT2D eigenvalue weighted by molar-refractivity contribution is 5.89. The van der Waals surface area contributed by atoms with Crippen LogP contribution in [-0.2, 0) is 14.4 Å². The summed E-state index contributed by atoms with van der Waals surface area (Å²) in [5.41, 5.74) is 5.24. The van der Waals surface area contributed by atoms with E-state index in [-0.39, 0.29) is 12.8 Å². The lowest BCUT2D eigenvalue weighted by atomic mass is 10.0. The van der Waals surface area contributed by atoms with Crippen LogP contribution < -0.4 is 16.4 Å². The van der Waals surface area contributed by atoms with Crippen LogP contribution in [0.2, 0.25) is 1.41 Å². The third-order valence-corrected chi connectivity index (χ3v) is 6.10. The second kappa shape index (κ2) is 22.2. The smallest absolute Gasteiger partial charge is 0.303 e. The maximum absolute atomic E-state index is 12.3. The number of rotatable bonds is 24. The lowest BCUT2D eigenvalue weighted by Gasteiger charge is -2.19. The van der Waals surface area contributed by atoms with E-state index in [1.165, 1.54) is 88.8 Å². The quantitative estimate of drug-likeness (QED) is 0.147. The van der Waals surface area contributed by atoms with Gasteiger partial charge < -0.3 is 21.5 Å². The summed E-state index contributed by atoms with van der Waals surface area (Å²) in [6.07, 6.45) is 20.3. The van der Waals surface area contributed by atoms with Crippen LogP contribution in [0.15, 0.2) is 0 Å². The van der Waals surface area contributed by atoms with Crippen molar-refractivity contribution in [1.82, 2.24) is 10.6 Å². The van der Waals surface area contributed by atoms with Crippen LogP contribution in [0.25, 0.3) is 0 Å². The largest absolute Gasteiger partial charge is 0.481 e. The van der Waals surface area contributed by atoms with Crippen molar-refractivity contribution in [2.45, 2.75) is 142 Å². The SMILES string of the molecule is [2H]N(CCCCCCCCCCCCCCCCCC)[C@@H](C)C(=O)N[C@@H](CCC(=O)O)C(N)=O. The zero-order chi connectivity index (χ0) is 25.6. The summed E-state index contributed by atoms with van der Waals surface area (Å²) in [5, 5.41) is 12.4. The van der Waals surface area contributed by atoms with Gasteiger partial charge >= 0.3 is 5.97 Å². The first-order valence-electron chi connectivity index (χ1n) is 13.8. The lowest BCUT2D eigenvalue weighted by Crippen LogP contribution is -2.51. The molecule has 2 atom stereocenters. The Morgan fingerprint density at radius 3 is 1.64 bits per heavy atom. The molecule has 0 heterocycles. The monoisotopic (exact) mass is 470 g/mol. The molecule has 0 spiro atoms. The van der Waals surface area contributed by atoms with Gasteiger partial charge in [0.15, 0.2) is 0 Å². The summed E-state index contributed by atoms with van der Waals surface area (Å²) >= 11 is 0. The fraction of sp³-hybridized carbons (Fsp3) is 0.885. The number of carboxylic acids is 1. The molecule has 0 fully saturated rings. The maximum Gasteiger partial charge on any atom is 0.303 e. The Morgan fingerprint density at radius 1 is 0.818 bits per heavy atom. The average Bonchev–Trinajstić information content (AvgIpc) is 2.80. The highest BCUT2D eigenvalue weighted by atomic mass is 16.4. The number of primary amides is 1. The third-order valence-electron chi connectivity index (χ3n) is 6.10. The van der Waals surface area contributed by atoms with E-state index in [0.29, 0.717) is 6.54 Å². The van der Waals surface area contributed by atoms with Crippen molar-refractivity contribution in [2.24, 2.45) is 5.73 Å². The molecule has 7 heteroatoms. The zero-order valence-corrected chi connectivity index (χ0v) is 21.3. The minimum Gasteiger partial charge on any atom is -0.481 e. The van der Waals surface area contributed by atoms with E-state index in [1.807, 2.05) is 0 Å². The number of hydrogen-bond donors (Lipinski definition) is 4. The first-order valence-corrected chi connectivity index (χ1v) is 13.4. The molecule has 33 heavy (non-hydrogen) atoms. The molecule has 0 unspecified atom stereocenters. The second-order valence-corrected chi connectivity index (χ2v) is 9.28. The van der Waals surface area contributed by atoms with E-state index in [9.17, 15) is 14.4 Å². The molecule has 0 aliphatic heterocycles. The molecule has 0 radical (unpaired) electrons. The first kappa shape index (κ1) is 29.4. The van der Waals surface area contributed by atoms with Crippen molar-refractivity contribution in [3.05, 3.63) is 0 Å². The number of nitrogens with one attached hydrogen (secondary N) is 2. The van der Waals surface area contributed by atoms with Crippen molar-refractivity contribution in [2.75, 3.05) is 6.54 Å². The third kappa shape index (κ3) is 20.7. The van der Waals surface area contributed by atoms with E-state index in [0.717, 1.165) is 19.3 Å². The number of hydrogen-bond acceptors (Lipinski definition) is 4. The van der Waals surface area contributed by atoms with Gasteiger partial charge in [0.25, 0.3) is 0 Å². The second-order valence-electron chi connectivity index (χ2n) is 9.28. The molecule has 0 rings (SSSR count). The fourth-order valence-corrected chi connectivity index (χ4v) is 3.87. The summed E-state index contributed by atoms with van der Waals surface area (Å²) < 4.78 is 8.08. The molecule has 7 nitrogen and oxygen atoms in total. The predicted octanol–water partition coefficient (Wildman–Crippen LogP) is 5.06. The number of amides is 2. The van der Waals surface area contributed by atoms with Gasteiger partial charge in [-0.25, -0.2) is 0 Å². The predicted molar refractivity (Wildman–Crippen MR) is 135 cm³/mol. The van der Waals surface area contributed by atoms with Crippen molar-refractivity contribution in [1.29, 1.82) is 0 Å². The first-order chi connectivity index (χ1) is 16.3. The fourth-order valence-electron chi connectivity index (χ4n) is 3.87. The van der Waals surface area contributed by atoms with Crippen molar-refractivity contribution >= 4 is 17.8 Å². The van der Waals surface area contributed by atoms with E-state index >= 15 is 0 Å². The topological polar surface area (TPSA) is 122 Å². The Labute approximate surface area is 203 Å². The van der Waals surface area contributed by atoms with Gasteiger partial charge in [0.05, 0.1) is 6.04 Å². The van der Waals surface area contributed by atoms with Crippen LogP contribution in [-0.4, -0.2) is 41.5 Å². The number of carbonyl (C=O) groups excluding carboxylic acids is 2. The van der Waals surface area contributed by atoms with Gasteiger partial charge in [-0.3, -0.25) is 14.4 Å². The summed E-state index contributed by atoms with van der Waals surface area (Å²) in [7, 11) is 0. The normalized spacial score (nSPS) is 13.5. The molecule has 0 aromatic carbocycles. The van der Waals surface area contributed by atoms with E-state index in [2.05, 4.69) is 12.2 Å².